The highest BCUT2D eigenvalue weighted by molar-refractivity contribution is 5.80. The van der Waals surface area contributed by atoms with Crippen molar-refractivity contribution in [2.24, 2.45) is 16.6 Å². The zero-order valence-electron chi connectivity index (χ0n) is 16.0. The van der Waals surface area contributed by atoms with Gasteiger partial charge in [-0.25, -0.2) is 4.99 Å². The SMILES string of the molecule is CCNC(=NCc1cccc(OC)c1OC)N1CCCC(CC(N)=O)C1. The molecule has 1 amide bonds. The van der Waals surface area contributed by atoms with E-state index in [1.165, 1.54) is 0 Å². The maximum absolute atomic E-state index is 11.2. The molecule has 0 aromatic heterocycles. The fraction of sp³-hybridized carbons (Fsp3) is 0.579. The van der Waals surface area contributed by atoms with Crippen LogP contribution in [0, 0.1) is 5.92 Å². The summed E-state index contributed by atoms with van der Waals surface area (Å²) in [5.41, 5.74) is 6.33. The largest absolute Gasteiger partial charge is 0.493 e. The number of ether oxygens (including phenoxy) is 2. The Morgan fingerprint density at radius 3 is 2.85 bits per heavy atom. The highest BCUT2D eigenvalue weighted by atomic mass is 16.5. The molecule has 1 saturated heterocycles. The Bertz CT molecular complexity index is 633. The van der Waals surface area contributed by atoms with Crippen LogP contribution in [0.1, 0.15) is 31.7 Å². The predicted molar refractivity (Wildman–Crippen MR) is 102 cm³/mol. The van der Waals surface area contributed by atoms with E-state index >= 15 is 0 Å². The fourth-order valence-electron chi connectivity index (χ4n) is 3.37. The molecule has 0 radical (unpaired) electrons. The van der Waals surface area contributed by atoms with E-state index in [0.717, 1.165) is 44.0 Å². The first-order valence-corrected chi connectivity index (χ1v) is 9.10. The van der Waals surface area contributed by atoms with E-state index in [1.807, 2.05) is 25.1 Å². The first-order valence-electron chi connectivity index (χ1n) is 9.10. The molecule has 0 saturated carbocycles. The van der Waals surface area contributed by atoms with Gasteiger partial charge >= 0.3 is 0 Å². The molecule has 7 heteroatoms. The van der Waals surface area contributed by atoms with Crippen molar-refractivity contribution in [3.8, 4) is 11.5 Å². The van der Waals surface area contributed by atoms with Gasteiger partial charge in [-0.1, -0.05) is 12.1 Å². The molecule has 1 aromatic carbocycles. The summed E-state index contributed by atoms with van der Waals surface area (Å²) >= 11 is 0. The molecule has 26 heavy (non-hydrogen) atoms. The number of rotatable bonds is 7. The second-order valence-corrected chi connectivity index (χ2v) is 6.45. The number of aliphatic imine (C=N–C) groups is 1. The van der Waals surface area contributed by atoms with Crippen molar-refractivity contribution >= 4 is 11.9 Å². The summed E-state index contributed by atoms with van der Waals surface area (Å²) in [5, 5.41) is 3.35. The Labute approximate surface area is 155 Å². The number of likely N-dealkylation sites (tertiary alicyclic amines) is 1. The van der Waals surface area contributed by atoms with Crippen LogP contribution in [-0.4, -0.2) is 50.6 Å². The number of primary amides is 1. The molecule has 1 fully saturated rings. The van der Waals surface area contributed by atoms with Crippen LogP contribution in [0.4, 0.5) is 0 Å². The molecule has 2 rings (SSSR count). The van der Waals surface area contributed by atoms with Crippen molar-refractivity contribution < 1.29 is 14.3 Å². The monoisotopic (exact) mass is 362 g/mol. The van der Waals surface area contributed by atoms with Gasteiger partial charge in [0.2, 0.25) is 5.91 Å². The molecular weight excluding hydrogens is 332 g/mol. The minimum absolute atomic E-state index is 0.236. The van der Waals surface area contributed by atoms with Crippen LogP contribution in [0.15, 0.2) is 23.2 Å². The zero-order chi connectivity index (χ0) is 18.9. The minimum atomic E-state index is -0.236. The summed E-state index contributed by atoms with van der Waals surface area (Å²) in [4.78, 5) is 18.2. The maximum Gasteiger partial charge on any atom is 0.217 e. The molecule has 3 N–H and O–H groups in total. The average molecular weight is 362 g/mol. The number of hydrogen-bond donors (Lipinski definition) is 2. The van der Waals surface area contributed by atoms with Gasteiger partial charge in [0.15, 0.2) is 17.5 Å². The van der Waals surface area contributed by atoms with Crippen molar-refractivity contribution in [2.45, 2.75) is 32.7 Å². The van der Waals surface area contributed by atoms with E-state index in [0.29, 0.717) is 24.5 Å². The Morgan fingerprint density at radius 1 is 1.38 bits per heavy atom. The number of carbonyl (C=O) groups excluding carboxylic acids is 1. The first-order chi connectivity index (χ1) is 12.6. The number of para-hydroxylation sites is 1. The highest BCUT2D eigenvalue weighted by Crippen LogP contribution is 2.31. The summed E-state index contributed by atoms with van der Waals surface area (Å²) in [6.45, 7) is 5.04. The number of hydrogen-bond acceptors (Lipinski definition) is 4. The standard InChI is InChI=1S/C19H30N4O3/c1-4-21-19(23-10-6-7-14(13-23)11-17(20)24)22-12-15-8-5-9-16(25-2)18(15)26-3/h5,8-9,14H,4,6-7,10-13H2,1-3H3,(H2,20,24)(H,21,22). The molecule has 1 atom stereocenters. The van der Waals surface area contributed by atoms with Gasteiger partial charge in [-0.15, -0.1) is 0 Å². The van der Waals surface area contributed by atoms with Crippen LogP contribution in [0.5, 0.6) is 11.5 Å². The first kappa shape index (κ1) is 19.9. The van der Waals surface area contributed by atoms with Crippen LogP contribution < -0.4 is 20.5 Å². The summed E-state index contributed by atoms with van der Waals surface area (Å²) in [7, 11) is 3.26. The molecule has 1 aliphatic rings. The van der Waals surface area contributed by atoms with E-state index < -0.39 is 0 Å². The van der Waals surface area contributed by atoms with Crippen molar-refractivity contribution in [2.75, 3.05) is 33.9 Å². The number of amides is 1. The summed E-state index contributed by atoms with van der Waals surface area (Å²) in [6, 6.07) is 5.79. The van der Waals surface area contributed by atoms with Gasteiger partial charge in [-0.2, -0.15) is 0 Å². The van der Waals surface area contributed by atoms with Crippen LogP contribution in [0.25, 0.3) is 0 Å². The van der Waals surface area contributed by atoms with E-state index in [1.54, 1.807) is 14.2 Å². The molecule has 1 heterocycles. The lowest BCUT2D eigenvalue weighted by molar-refractivity contribution is -0.119. The topological polar surface area (TPSA) is 89.2 Å². The van der Waals surface area contributed by atoms with Crippen molar-refractivity contribution in [3.05, 3.63) is 23.8 Å². The lowest BCUT2D eigenvalue weighted by Gasteiger charge is -2.34. The molecular formula is C19H30N4O3. The molecule has 0 aliphatic carbocycles. The van der Waals surface area contributed by atoms with Crippen LogP contribution in [0.2, 0.25) is 0 Å². The van der Waals surface area contributed by atoms with Crippen molar-refractivity contribution in [1.29, 1.82) is 0 Å². The second kappa shape index (κ2) is 9.89. The number of nitrogens with two attached hydrogens (primary N) is 1. The molecule has 144 valence electrons. The third kappa shape index (κ3) is 5.28. The van der Waals surface area contributed by atoms with Crippen LogP contribution >= 0.6 is 0 Å². The number of carbonyl (C=O) groups is 1. The number of nitrogens with one attached hydrogen (secondary N) is 1. The van der Waals surface area contributed by atoms with Crippen LogP contribution in [-0.2, 0) is 11.3 Å². The molecule has 0 spiro atoms. The quantitative estimate of drug-likeness (QED) is 0.570. The van der Waals surface area contributed by atoms with E-state index in [2.05, 4.69) is 10.2 Å². The van der Waals surface area contributed by atoms with Crippen molar-refractivity contribution in [1.82, 2.24) is 10.2 Å². The smallest absolute Gasteiger partial charge is 0.217 e. The molecule has 7 nitrogen and oxygen atoms in total. The summed E-state index contributed by atoms with van der Waals surface area (Å²) in [6.07, 6.45) is 2.49. The van der Waals surface area contributed by atoms with Crippen molar-refractivity contribution in [3.63, 3.8) is 0 Å². The third-order valence-corrected chi connectivity index (χ3v) is 4.53. The number of nitrogens with zero attached hydrogens (tertiary/aromatic N) is 2. The molecule has 1 aromatic rings. The third-order valence-electron chi connectivity index (χ3n) is 4.53. The Hall–Kier alpha value is -2.44. The van der Waals surface area contributed by atoms with E-state index in [9.17, 15) is 4.79 Å². The van der Waals surface area contributed by atoms with Gasteiger partial charge in [0, 0.05) is 31.6 Å². The minimum Gasteiger partial charge on any atom is -0.493 e. The van der Waals surface area contributed by atoms with Crippen LogP contribution in [0.3, 0.4) is 0 Å². The molecule has 0 bridgehead atoms. The lowest BCUT2D eigenvalue weighted by atomic mass is 9.95. The Kier molecular flexibility index (Phi) is 7.56. The van der Waals surface area contributed by atoms with Gasteiger partial charge in [-0.3, -0.25) is 4.79 Å². The van der Waals surface area contributed by atoms with Gasteiger partial charge in [-0.05, 0) is 31.7 Å². The van der Waals surface area contributed by atoms with E-state index in [4.69, 9.17) is 20.2 Å². The van der Waals surface area contributed by atoms with Gasteiger partial charge < -0.3 is 25.4 Å². The fourth-order valence-corrected chi connectivity index (χ4v) is 3.37. The lowest BCUT2D eigenvalue weighted by Crippen LogP contribution is -2.47. The number of methoxy groups -OCH3 is 2. The summed E-state index contributed by atoms with van der Waals surface area (Å²) < 4.78 is 10.8. The van der Waals surface area contributed by atoms with E-state index in [-0.39, 0.29) is 11.8 Å². The Morgan fingerprint density at radius 2 is 2.19 bits per heavy atom. The molecule has 1 unspecified atom stereocenters. The highest BCUT2D eigenvalue weighted by Gasteiger charge is 2.23. The van der Waals surface area contributed by atoms with Gasteiger partial charge in [0.1, 0.15) is 0 Å². The number of benzene rings is 1. The van der Waals surface area contributed by atoms with Gasteiger partial charge in [0.25, 0.3) is 0 Å². The number of piperidine rings is 1. The maximum atomic E-state index is 11.2. The normalized spacial score (nSPS) is 17.7. The Balaban J connectivity index is 2.15. The predicted octanol–water partition coefficient (Wildman–Crippen LogP) is 1.76. The zero-order valence-corrected chi connectivity index (χ0v) is 16.0. The average Bonchev–Trinajstić information content (AvgIpc) is 2.64. The number of guanidine groups is 1. The second-order valence-electron chi connectivity index (χ2n) is 6.45. The summed E-state index contributed by atoms with van der Waals surface area (Å²) in [5.74, 6) is 2.31. The molecule has 1 aliphatic heterocycles. The van der Waals surface area contributed by atoms with Gasteiger partial charge in [0.05, 0.1) is 20.8 Å².